The Morgan fingerprint density at radius 3 is 3.17 bits per heavy atom. The molecule has 0 saturated carbocycles. The number of hydrogen-bond acceptors (Lipinski definition) is 3. The van der Waals surface area contributed by atoms with Crippen LogP contribution < -0.4 is 0 Å². The summed E-state index contributed by atoms with van der Waals surface area (Å²) in [6.45, 7) is 0. The van der Waals surface area contributed by atoms with Crippen LogP contribution in [0, 0.1) is 3.57 Å². The summed E-state index contributed by atoms with van der Waals surface area (Å²) in [6, 6.07) is 1.64. The van der Waals surface area contributed by atoms with Crippen molar-refractivity contribution in [2.75, 3.05) is 0 Å². The molecule has 60 valence electrons. The fourth-order valence-electron chi connectivity index (χ4n) is 0.930. The van der Waals surface area contributed by atoms with Gasteiger partial charge in [-0.1, -0.05) is 0 Å². The van der Waals surface area contributed by atoms with Crippen LogP contribution in [0.2, 0.25) is 0 Å². The molecule has 12 heavy (non-hydrogen) atoms. The largest absolute Gasteiger partial charge is 0.296 e. The van der Waals surface area contributed by atoms with Gasteiger partial charge in [0.1, 0.15) is 5.69 Å². The van der Waals surface area contributed by atoms with Crippen LogP contribution in [-0.2, 0) is 0 Å². The molecule has 0 aliphatic heterocycles. The summed E-state index contributed by atoms with van der Waals surface area (Å²) in [7, 11) is 0. The summed E-state index contributed by atoms with van der Waals surface area (Å²) in [5, 5.41) is 3.97. The average molecular weight is 273 g/mol. The molecule has 0 radical (unpaired) electrons. The monoisotopic (exact) mass is 273 g/mol. The normalized spacial score (nSPS) is 10.4. The molecule has 0 amide bonds. The van der Waals surface area contributed by atoms with Crippen LogP contribution in [0.1, 0.15) is 10.5 Å². The first-order valence-corrected chi connectivity index (χ1v) is 4.33. The van der Waals surface area contributed by atoms with E-state index in [-0.39, 0.29) is 0 Å². The number of halogens is 1. The molecule has 2 aromatic rings. The van der Waals surface area contributed by atoms with Gasteiger partial charge in [-0.25, -0.2) is 9.50 Å². The molecule has 0 fully saturated rings. The van der Waals surface area contributed by atoms with Gasteiger partial charge in [0.2, 0.25) is 0 Å². The first-order valence-electron chi connectivity index (χ1n) is 3.26. The Balaban J connectivity index is 2.75. The van der Waals surface area contributed by atoms with E-state index in [0.717, 1.165) is 3.57 Å². The number of aromatic nitrogens is 3. The zero-order valence-corrected chi connectivity index (χ0v) is 8.09. The van der Waals surface area contributed by atoms with Crippen molar-refractivity contribution in [1.82, 2.24) is 14.6 Å². The maximum absolute atomic E-state index is 10.4. The fraction of sp³-hybridized carbons (Fsp3) is 0. The number of hydrogen-bond donors (Lipinski definition) is 0. The molecule has 0 bridgehead atoms. The molecule has 4 nitrogen and oxygen atoms in total. The number of nitrogens with zero attached hydrogens (tertiary/aromatic N) is 3. The molecule has 0 N–H and O–H groups in total. The van der Waals surface area contributed by atoms with E-state index in [4.69, 9.17) is 0 Å². The van der Waals surface area contributed by atoms with E-state index >= 15 is 0 Å². The summed E-state index contributed by atoms with van der Waals surface area (Å²) in [5.74, 6) is 0. The van der Waals surface area contributed by atoms with E-state index in [2.05, 4.69) is 32.7 Å². The van der Waals surface area contributed by atoms with E-state index in [1.807, 2.05) is 6.20 Å². The van der Waals surface area contributed by atoms with E-state index in [1.54, 1.807) is 16.8 Å². The van der Waals surface area contributed by atoms with Crippen molar-refractivity contribution >= 4 is 34.5 Å². The molecular weight excluding hydrogens is 269 g/mol. The Morgan fingerprint density at radius 1 is 1.58 bits per heavy atom. The maximum atomic E-state index is 10.4. The van der Waals surface area contributed by atoms with Crippen LogP contribution in [0.3, 0.4) is 0 Å². The van der Waals surface area contributed by atoms with Crippen molar-refractivity contribution in [3.63, 3.8) is 0 Å². The van der Waals surface area contributed by atoms with Gasteiger partial charge in [-0.2, -0.15) is 5.10 Å². The number of carbonyl (C=O) groups excluding carboxylic acids is 1. The quantitative estimate of drug-likeness (QED) is 0.578. The molecule has 0 spiro atoms. The van der Waals surface area contributed by atoms with E-state index in [9.17, 15) is 4.79 Å². The molecule has 0 aromatic carbocycles. The Bertz CT molecular complexity index is 437. The number of rotatable bonds is 1. The highest BCUT2D eigenvalue weighted by atomic mass is 127. The highest BCUT2D eigenvalue weighted by molar-refractivity contribution is 14.1. The van der Waals surface area contributed by atoms with Gasteiger partial charge in [0.15, 0.2) is 11.9 Å². The SMILES string of the molecule is O=Cc1cc2ncc(I)cn2n1. The highest BCUT2D eigenvalue weighted by Crippen LogP contribution is 2.05. The minimum Gasteiger partial charge on any atom is -0.296 e. The smallest absolute Gasteiger partial charge is 0.170 e. The summed E-state index contributed by atoms with van der Waals surface area (Å²) < 4.78 is 2.58. The average Bonchev–Trinajstić information content (AvgIpc) is 2.46. The Kier molecular flexibility index (Phi) is 1.80. The third kappa shape index (κ3) is 1.20. The Morgan fingerprint density at radius 2 is 2.42 bits per heavy atom. The van der Waals surface area contributed by atoms with Crippen LogP contribution in [0.25, 0.3) is 5.65 Å². The van der Waals surface area contributed by atoms with Crippen molar-refractivity contribution in [1.29, 1.82) is 0 Å². The summed E-state index contributed by atoms with van der Waals surface area (Å²) in [6.07, 6.45) is 4.25. The van der Waals surface area contributed by atoms with Gasteiger partial charge in [-0.3, -0.25) is 4.79 Å². The molecule has 0 aliphatic carbocycles. The summed E-state index contributed by atoms with van der Waals surface area (Å²) in [4.78, 5) is 14.4. The predicted octanol–water partition coefficient (Wildman–Crippen LogP) is 1.15. The molecule has 0 unspecified atom stereocenters. The number of aldehydes is 1. The Labute approximate surface area is 81.7 Å². The molecule has 2 heterocycles. The zero-order chi connectivity index (χ0) is 8.55. The maximum Gasteiger partial charge on any atom is 0.170 e. The second-order valence-corrected chi connectivity index (χ2v) is 3.51. The van der Waals surface area contributed by atoms with Crippen molar-refractivity contribution < 1.29 is 4.79 Å². The standard InChI is InChI=1S/C7H4IN3O/c8-5-2-9-7-1-6(4-12)10-11(7)3-5/h1-4H. The molecule has 0 aliphatic rings. The predicted molar refractivity (Wildman–Crippen MR) is 51.1 cm³/mol. The van der Waals surface area contributed by atoms with E-state index in [1.165, 1.54) is 0 Å². The van der Waals surface area contributed by atoms with Crippen molar-refractivity contribution in [3.8, 4) is 0 Å². The third-order valence-corrected chi connectivity index (χ3v) is 1.98. The first-order chi connectivity index (χ1) is 5.79. The van der Waals surface area contributed by atoms with Crippen molar-refractivity contribution in [3.05, 3.63) is 27.7 Å². The van der Waals surface area contributed by atoms with Gasteiger partial charge in [-0.05, 0) is 22.6 Å². The Hall–Kier alpha value is -0.980. The highest BCUT2D eigenvalue weighted by Gasteiger charge is 2.00. The number of fused-ring (bicyclic) bond motifs is 1. The summed E-state index contributed by atoms with van der Waals surface area (Å²) >= 11 is 2.14. The molecule has 5 heteroatoms. The lowest BCUT2D eigenvalue weighted by Crippen LogP contribution is -1.90. The van der Waals surface area contributed by atoms with Gasteiger partial charge in [0.25, 0.3) is 0 Å². The molecule has 2 aromatic heterocycles. The first kappa shape index (κ1) is 7.66. The van der Waals surface area contributed by atoms with Crippen LogP contribution >= 0.6 is 22.6 Å². The minimum absolute atomic E-state index is 0.407. The third-order valence-electron chi connectivity index (χ3n) is 1.42. The van der Waals surface area contributed by atoms with Crippen LogP contribution in [0.4, 0.5) is 0 Å². The molecule has 0 saturated heterocycles. The lowest BCUT2D eigenvalue weighted by molar-refractivity contribution is 0.111. The van der Waals surface area contributed by atoms with E-state index in [0.29, 0.717) is 17.6 Å². The van der Waals surface area contributed by atoms with Gasteiger partial charge in [0, 0.05) is 22.0 Å². The summed E-state index contributed by atoms with van der Waals surface area (Å²) in [5.41, 5.74) is 1.10. The van der Waals surface area contributed by atoms with Crippen molar-refractivity contribution in [2.24, 2.45) is 0 Å². The van der Waals surface area contributed by atoms with E-state index < -0.39 is 0 Å². The van der Waals surface area contributed by atoms with Crippen molar-refractivity contribution in [2.45, 2.75) is 0 Å². The second-order valence-electron chi connectivity index (χ2n) is 2.26. The molecule has 0 atom stereocenters. The lowest BCUT2D eigenvalue weighted by Gasteiger charge is -1.90. The van der Waals surface area contributed by atoms with Crippen LogP contribution in [0.15, 0.2) is 18.5 Å². The fourth-order valence-corrected chi connectivity index (χ4v) is 1.33. The zero-order valence-electron chi connectivity index (χ0n) is 5.94. The van der Waals surface area contributed by atoms with Crippen LogP contribution in [0.5, 0.6) is 0 Å². The van der Waals surface area contributed by atoms with Crippen LogP contribution in [-0.4, -0.2) is 20.9 Å². The molecule has 2 rings (SSSR count). The number of carbonyl (C=O) groups is 1. The minimum atomic E-state index is 0.407. The molecular formula is C7H4IN3O. The van der Waals surface area contributed by atoms with Gasteiger partial charge < -0.3 is 0 Å². The van der Waals surface area contributed by atoms with Gasteiger partial charge in [0.05, 0.1) is 0 Å². The second kappa shape index (κ2) is 2.81. The lowest BCUT2D eigenvalue weighted by atomic mass is 10.5. The van der Waals surface area contributed by atoms with Gasteiger partial charge in [-0.15, -0.1) is 0 Å². The topological polar surface area (TPSA) is 47.3 Å². The van der Waals surface area contributed by atoms with Gasteiger partial charge >= 0.3 is 0 Å².